The summed E-state index contributed by atoms with van der Waals surface area (Å²) in [5, 5.41) is 16.6. The highest BCUT2D eigenvalue weighted by molar-refractivity contribution is 5.76. The highest BCUT2D eigenvalue weighted by atomic mass is 16.5. The molecule has 0 unspecified atom stereocenters. The van der Waals surface area contributed by atoms with Crippen LogP contribution in [-0.2, 0) is 35.5 Å². The average molecular weight is 487 g/mol. The zero-order valence-electron chi connectivity index (χ0n) is 21.1. The van der Waals surface area contributed by atoms with Gasteiger partial charge >= 0.3 is 11.7 Å². The summed E-state index contributed by atoms with van der Waals surface area (Å²) in [6.45, 7) is 6.04. The summed E-state index contributed by atoms with van der Waals surface area (Å²) in [5.41, 5.74) is -0.466. The third kappa shape index (κ3) is 7.44. The van der Waals surface area contributed by atoms with Crippen LogP contribution in [0.3, 0.4) is 0 Å². The van der Waals surface area contributed by atoms with Gasteiger partial charge in [-0.3, -0.25) is 9.36 Å². The minimum atomic E-state index is -1.29. The molecule has 2 aromatic rings. The van der Waals surface area contributed by atoms with Crippen molar-refractivity contribution in [3.05, 3.63) is 46.1 Å². The van der Waals surface area contributed by atoms with Crippen LogP contribution < -0.4 is 15.7 Å². The van der Waals surface area contributed by atoms with Gasteiger partial charge in [0.15, 0.2) is 5.60 Å². The van der Waals surface area contributed by atoms with Crippen LogP contribution in [0.4, 0.5) is 0 Å². The maximum Gasteiger partial charge on any atom is 0.347 e. The maximum atomic E-state index is 12.7. The molecule has 1 aliphatic rings. The van der Waals surface area contributed by atoms with Gasteiger partial charge in [0.25, 0.3) is 0 Å². The first-order chi connectivity index (χ1) is 16.7. The number of carbonyl (C=O) groups excluding carboxylic acids is 1. The van der Waals surface area contributed by atoms with Crippen LogP contribution in [0.1, 0.15) is 70.7 Å². The molecule has 35 heavy (non-hydrogen) atoms. The van der Waals surface area contributed by atoms with Gasteiger partial charge in [-0.1, -0.05) is 31.4 Å². The summed E-state index contributed by atoms with van der Waals surface area (Å²) in [6.07, 6.45) is 8.22. The second kappa shape index (κ2) is 12.0. The number of ether oxygens (including phenoxy) is 1. The Morgan fingerprint density at radius 2 is 1.83 bits per heavy atom. The van der Waals surface area contributed by atoms with Crippen molar-refractivity contribution in [1.29, 1.82) is 0 Å². The van der Waals surface area contributed by atoms with Gasteiger partial charge in [-0.2, -0.15) is 5.10 Å². The van der Waals surface area contributed by atoms with Crippen molar-refractivity contribution >= 4 is 11.9 Å². The summed E-state index contributed by atoms with van der Waals surface area (Å²) in [4.78, 5) is 36.4. The van der Waals surface area contributed by atoms with Crippen molar-refractivity contribution in [2.75, 3.05) is 6.54 Å². The Labute approximate surface area is 206 Å². The Kier molecular flexibility index (Phi) is 9.12. The second-order valence-corrected chi connectivity index (χ2v) is 9.82. The highest BCUT2D eigenvalue weighted by Crippen LogP contribution is 2.23. The summed E-state index contributed by atoms with van der Waals surface area (Å²) in [7, 11) is 0. The molecular weight excluding hydrogens is 448 g/mol. The third-order valence-electron chi connectivity index (χ3n) is 6.60. The zero-order valence-corrected chi connectivity index (χ0v) is 21.1. The van der Waals surface area contributed by atoms with Crippen LogP contribution in [0.5, 0.6) is 5.75 Å². The van der Waals surface area contributed by atoms with Gasteiger partial charge in [0, 0.05) is 19.5 Å². The third-order valence-corrected chi connectivity index (χ3v) is 6.60. The molecule has 0 bridgehead atoms. The molecule has 1 amide bonds. The first kappa shape index (κ1) is 26.5. The fraction of sp³-hybridized carbons (Fsp3) is 0.615. The average Bonchev–Trinajstić information content (AvgIpc) is 3.13. The first-order valence-corrected chi connectivity index (χ1v) is 12.6. The Bertz CT molecular complexity index is 1050. The summed E-state index contributed by atoms with van der Waals surface area (Å²) < 4.78 is 8.43. The first-order valence-electron chi connectivity index (χ1n) is 12.6. The molecule has 9 nitrogen and oxygen atoms in total. The second-order valence-electron chi connectivity index (χ2n) is 9.82. The Hall–Kier alpha value is -3.10. The van der Waals surface area contributed by atoms with E-state index in [1.807, 2.05) is 19.1 Å². The van der Waals surface area contributed by atoms with Gasteiger partial charge < -0.3 is 15.2 Å². The minimum absolute atomic E-state index is 0.0558. The summed E-state index contributed by atoms with van der Waals surface area (Å²) in [6, 6.07) is 7.36. The summed E-state index contributed by atoms with van der Waals surface area (Å²) in [5.74, 6) is 0.530. The van der Waals surface area contributed by atoms with Gasteiger partial charge in [-0.05, 0) is 70.1 Å². The predicted molar refractivity (Wildman–Crippen MR) is 133 cm³/mol. The van der Waals surface area contributed by atoms with E-state index in [0.717, 1.165) is 31.2 Å². The van der Waals surface area contributed by atoms with E-state index in [-0.39, 0.29) is 18.1 Å². The standard InChI is InChI=1S/C26H38N4O5/c1-4-29-22(12-8-11-19-13-15-21(16-14-19)35-26(2,3)24(32)33)28-30(25(29)34)18-23(31)27-17-20-9-6-5-7-10-20/h13-16,20H,4-12,17-18H2,1-3H3,(H,27,31)(H,32,33). The normalized spacial score (nSPS) is 14.6. The number of amides is 1. The van der Waals surface area contributed by atoms with Crippen LogP contribution in [0.25, 0.3) is 0 Å². The molecule has 1 aromatic carbocycles. The molecule has 192 valence electrons. The number of carboxylic acids is 1. The molecule has 0 radical (unpaired) electrons. The molecule has 0 aliphatic heterocycles. The number of carbonyl (C=O) groups is 2. The fourth-order valence-electron chi connectivity index (χ4n) is 4.45. The lowest BCUT2D eigenvalue weighted by Crippen LogP contribution is -2.37. The molecule has 2 N–H and O–H groups in total. The Morgan fingerprint density at radius 3 is 2.46 bits per heavy atom. The van der Waals surface area contributed by atoms with E-state index in [9.17, 15) is 19.5 Å². The van der Waals surface area contributed by atoms with Crippen LogP contribution in [0.2, 0.25) is 0 Å². The molecule has 1 aromatic heterocycles. The fourth-order valence-corrected chi connectivity index (χ4v) is 4.45. The number of benzene rings is 1. The Morgan fingerprint density at radius 1 is 1.14 bits per heavy atom. The highest BCUT2D eigenvalue weighted by Gasteiger charge is 2.29. The van der Waals surface area contributed by atoms with Gasteiger partial charge in [0.05, 0.1) is 0 Å². The van der Waals surface area contributed by atoms with E-state index in [4.69, 9.17) is 4.74 Å². The van der Waals surface area contributed by atoms with E-state index in [0.29, 0.717) is 37.0 Å². The van der Waals surface area contributed by atoms with Gasteiger partial charge in [0.2, 0.25) is 5.91 Å². The smallest absolute Gasteiger partial charge is 0.347 e. The quantitative estimate of drug-likeness (QED) is 0.476. The Balaban J connectivity index is 1.52. The van der Waals surface area contributed by atoms with Crippen molar-refractivity contribution in [2.24, 2.45) is 5.92 Å². The lowest BCUT2D eigenvalue weighted by atomic mass is 9.89. The maximum absolute atomic E-state index is 12.7. The zero-order chi connectivity index (χ0) is 25.4. The number of aromatic nitrogens is 3. The molecule has 1 aliphatic carbocycles. The molecule has 0 atom stereocenters. The van der Waals surface area contributed by atoms with E-state index in [2.05, 4.69) is 10.4 Å². The molecular formula is C26H38N4O5. The van der Waals surface area contributed by atoms with E-state index < -0.39 is 11.6 Å². The van der Waals surface area contributed by atoms with Crippen LogP contribution in [0, 0.1) is 5.92 Å². The van der Waals surface area contributed by atoms with E-state index >= 15 is 0 Å². The monoisotopic (exact) mass is 486 g/mol. The van der Waals surface area contributed by atoms with Crippen LogP contribution >= 0.6 is 0 Å². The van der Waals surface area contributed by atoms with Crippen molar-refractivity contribution in [1.82, 2.24) is 19.7 Å². The van der Waals surface area contributed by atoms with Gasteiger partial charge in [0.1, 0.15) is 18.1 Å². The number of nitrogens with zero attached hydrogens (tertiary/aromatic N) is 3. The number of hydrogen-bond acceptors (Lipinski definition) is 5. The molecule has 1 fully saturated rings. The van der Waals surface area contributed by atoms with Gasteiger partial charge in [-0.25, -0.2) is 14.3 Å². The predicted octanol–water partition coefficient (Wildman–Crippen LogP) is 3.18. The molecule has 3 rings (SSSR count). The van der Waals surface area contributed by atoms with Crippen LogP contribution in [-0.4, -0.2) is 43.5 Å². The molecule has 1 heterocycles. The minimum Gasteiger partial charge on any atom is -0.478 e. The molecule has 0 spiro atoms. The lowest BCUT2D eigenvalue weighted by Gasteiger charge is -2.21. The SMILES string of the molecule is CCn1c(CCCc2ccc(OC(C)(C)C(=O)O)cc2)nn(CC(=O)NCC2CCCCC2)c1=O. The number of nitrogens with one attached hydrogen (secondary N) is 1. The summed E-state index contributed by atoms with van der Waals surface area (Å²) >= 11 is 0. The molecule has 9 heteroatoms. The number of aryl methyl sites for hydroxylation is 2. The molecule has 1 saturated carbocycles. The van der Waals surface area contributed by atoms with E-state index in [1.165, 1.54) is 37.8 Å². The van der Waals surface area contributed by atoms with Crippen molar-refractivity contribution < 1.29 is 19.4 Å². The number of aliphatic carboxylic acids is 1. The van der Waals surface area contributed by atoms with Crippen molar-refractivity contribution in [3.8, 4) is 5.75 Å². The number of carboxylic acid groups (broad SMARTS) is 1. The van der Waals surface area contributed by atoms with Crippen LogP contribution in [0.15, 0.2) is 29.1 Å². The van der Waals surface area contributed by atoms with Crippen molar-refractivity contribution in [2.45, 2.75) is 90.8 Å². The topological polar surface area (TPSA) is 115 Å². The van der Waals surface area contributed by atoms with E-state index in [1.54, 1.807) is 16.7 Å². The number of hydrogen-bond donors (Lipinski definition) is 2. The largest absolute Gasteiger partial charge is 0.478 e. The number of rotatable bonds is 12. The van der Waals surface area contributed by atoms with Gasteiger partial charge in [-0.15, -0.1) is 0 Å². The lowest BCUT2D eigenvalue weighted by molar-refractivity contribution is -0.152. The molecule has 0 saturated heterocycles. The van der Waals surface area contributed by atoms with Crippen molar-refractivity contribution in [3.63, 3.8) is 0 Å².